The number of allylic oxidation sites excluding steroid dienone is 4. The molecule has 0 spiro atoms. The molecule has 3 aliphatic carbocycles. The smallest absolute Gasteiger partial charge is 0.334 e. The Morgan fingerprint density at radius 3 is 2.37 bits per heavy atom. The van der Waals surface area contributed by atoms with Gasteiger partial charge >= 0.3 is 7.60 Å². The molecule has 0 saturated heterocycles. The van der Waals surface area contributed by atoms with Gasteiger partial charge in [-0.15, -0.1) is 0 Å². The zero-order valence-corrected chi connectivity index (χ0v) is 25.2. The highest BCUT2D eigenvalue weighted by molar-refractivity contribution is 7.53. The van der Waals surface area contributed by atoms with Crippen LogP contribution in [0.25, 0.3) is 0 Å². The fourth-order valence-corrected chi connectivity index (χ4v) is 9.18. The normalized spacial score (nSPS) is 34.6. The van der Waals surface area contributed by atoms with Crippen molar-refractivity contribution in [1.29, 1.82) is 0 Å². The first-order valence-electron chi connectivity index (χ1n) is 14.5. The van der Waals surface area contributed by atoms with Crippen LogP contribution in [0.3, 0.4) is 0 Å². The predicted molar refractivity (Wildman–Crippen MR) is 154 cm³/mol. The Morgan fingerprint density at radius 1 is 1.08 bits per heavy atom. The Bertz CT molecular complexity index is 951. The molecular formula is C31H51O6P. The van der Waals surface area contributed by atoms with Gasteiger partial charge in [-0.2, -0.15) is 0 Å². The Balaban J connectivity index is 1.69. The zero-order valence-electron chi connectivity index (χ0n) is 24.3. The molecule has 3 fully saturated rings. The zero-order chi connectivity index (χ0) is 28.3. The lowest BCUT2D eigenvalue weighted by molar-refractivity contribution is 0.0862. The molecule has 38 heavy (non-hydrogen) atoms. The van der Waals surface area contributed by atoms with Gasteiger partial charge < -0.3 is 24.4 Å². The maximum Gasteiger partial charge on any atom is 0.334 e. The van der Waals surface area contributed by atoms with Crippen molar-refractivity contribution in [2.45, 2.75) is 117 Å². The fraction of sp³-hybridized carbons (Fsp3) is 0.742. The van der Waals surface area contributed by atoms with E-state index >= 15 is 0 Å². The Hall–Kier alpha value is -1.01. The van der Waals surface area contributed by atoms with Crippen molar-refractivity contribution in [2.24, 2.45) is 23.2 Å². The monoisotopic (exact) mass is 550 g/mol. The van der Waals surface area contributed by atoms with Crippen LogP contribution >= 0.6 is 7.60 Å². The molecule has 7 heteroatoms. The number of aliphatic hydroxyl groups excluding tert-OH is 3. The first-order chi connectivity index (χ1) is 17.7. The molecule has 7 atom stereocenters. The molecule has 3 aliphatic rings. The van der Waals surface area contributed by atoms with Crippen molar-refractivity contribution in [1.82, 2.24) is 0 Å². The first kappa shape index (κ1) is 31.5. The summed E-state index contributed by atoms with van der Waals surface area (Å²) in [4.78, 5) is 0. The molecular weight excluding hydrogens is 499 g/mol. The second-order valence-corrected chi connectivity index (χ2v) is 14.6. The molecule has 0 aliphatic heterocycles. The van der Waals surface area contributed by atoms with Crippen LogP contribution in [0.5, 0.6) is 0 Å². The summed E-state index contributed by atoms with van der Waals surface area (Å²) in [7, 11) is -3.40. The number of hydrogen-bond donors (Lipinski definition) is 3. The molecule has 3 rings (SSSR count). The number of aliphatic hydroxyl groups is 3. The molecule has 0 unspecified atom stereocenters. The molecule has 0 aromatic rings. The van der Waals surface area contributed by atoms with Crippen LogP contribution in [-0.2, 0) is 13.6 Å². The molecule has 0 heterocycles. The van der Waals surface area contributed by atoms with Crippen LogP contribution in [0.15, 0.2) is 47.6 Å². The van der Waals surface area contributed by atoms with Gasteiger partial charge in [0.1, 0.15) is 0 Å². The second-order valence-electron chi connectivity index (χ2n) is 12.6. The van der Waals surface area contributed by atoms with E-state index < -0.39 is 25.9 Å². The van der Waals surface area contributed by atoms with Crippen molar-refractivity contribution in [3.63, 3.8) is 0 Å². The van der Waals surface area contributed by atoms with Gasteiger partial charge in [-0.25, -0.2) is 0 Å². The Morgan fingerprint density at radius 2 is 1.74 bits per heavy atom. The van der Waals surface area contributed by atoms with Crippen LogP contribution < -0.4 is 0 Å². The SMILES string of the molecule is C=C1/C(=C\C=C2/CCC[C@]3(C)[C@@H]([C@H](C)/C=C/[C@H](O)CP(=O)(OC(C)C)OC(C)C)CC[C@@H]23)C[C@@H](O)C[C@@H]1O. The van der Waals surface area contributed by atoms with Crippen molar-refractivity contribution < 1.29 is 28.9 Å². The van der Waals surface area contributed by atoms with Gasteiger partial charge in [0.2, 0.25) is 0 Å². The molecule has 0 aromatic carbocycles. The minimum Gasteiger partial charge on any atom is -0.393 e. The summed E-state index contributed by atoms with van der Waals surface area (Å²) in [5, 5.41) is 31.0. The maximum absolute atomic E-state index is 13.2. The third-order valence-corrected chi connectivity index (χ3v) is 11.0. The van der Waals surface area contributed by atoms with E-state index in [1.54, 1.807) is 6.08 Å². The van der Waals surface area contributed by atoms with Crippen molar-refractivity contribution >= 4 is 7.60 Å². The summed E-state index contributed by atoms with van der Waals surface area (Å²) in [6, 6.07) is 0. The first-order valence-corrected chi connectivity index (χ1v) is 16.2. The molecule has 3 saturated carbocycles. The van der Waals surface area contributed by atoms with Crippen LogP contribution in [-0.4, -0.2) is 52.0 Å². The van der Waals surface area contributed by atoms with Gasteiger partial charge in [0.25, 0.3) is 0 Å². The van der Waals surface area contributed by atoms with E-state index in [2.05, 4.69) is 38.7 Å². The lowest BCUT2D eigenvalue weighted by Crippen LogP contribution is -2.35. The van der Waals surface area contributed by atoms with Crippen molar-refractivity contribution in [3.05, 3.63) is 47.6 Å². The third kappa shape index (κ3) is 7.80. The van der Waals surface area contributed by atoms with E-state index in [1.807, 2.05) is 27.7 Å². The average molecular weight is 551 g/mol. The topological polar surface area (TPSA) is 96.2 Å². The summed E-state index contributed by atoms with van der Waals surface area (Å²) in [6.07, 6.45) is 12.2. The van der Waals surface area contributed by atoms with E-state index in [9.17, 15) is 19.9 Å². The molecule has 0 aromatic heterocycles. The minimum absolute atomic E-state index is 0.0482. The quantitative estimate of drug-likeness (QED) is 0.206. The van der Waals surface area contributed by atoms with E-state index in [0.29, 0.717) is 24.7 Å². The van der Waals surface area contributed by atoms with Gasteiger partial charge in [-0.1, -0.05) is 50.3 Å². The van der Waals surface area contributed by atoms with Crippen LogP contribution in [0.4, 0.5) is 0 Å². The van der Waals surface area contributed by atoms with Crippen LogP contribution in [0, 0.1) is 23.2 Å². The second kappa shape index (κ2) is 13.1. The van der Waals surface area contributed by atoms with Crippen LogP contribution in [0.2, 0.25) is 0 Å². The van der Waals surface area contributed by atoms with Crippen LogP contribution in [0.1, 0.15) is 86.5 Å². The molecule has 6 nitrogen and oxygen atoms in total. The number of rotatable bonds is 10. The Labute approximate surface area is 230 Å². The Kier molecular flexibility index (Phi) is 10.9. The summed E-state index contributed by atoms with van der Waals surface area (Å²) >= 11 is 0. The highest BCUT2D eigenvalue weighted by Gasteiger charge is 2.50. The van der Waals surface area contributed by atoms with Gasteiger partial charge in [-0.3, -0.25) is 4.57 Å². The van der Waals surface area contributed by atoms with E-state index in [0.717, 1.165) is 36.8 Å². The van der Waals surface area contributed by atoms with Gasteiger partial charge in [0, 0.05) is 6.42 Å². The third-order valence-electron chi connectivity index (χ3n) is 8.73. The molecule has 0 radical (unpaired) electrons. The largest absolute Gasteiger partial charge is 0.393 e. The molecule has 3 N–H and O–H groups in total. The fourth-order valence-electron chi connectivity index (χ4n) is 7.09. The lowest BCUT2D eigenvalue weighted by atomic mass is 9.61. The summed E-state index contributed by atoms with van der Waals surface area (Å²) in [5.41, 5.74) is 3.33. The molecule has 0 bridgehead atoms. The maximum atomic E-state index is 13.2. The van der Waals surface area contributed by atoms with Crippen molar-refractivity contribution in [3.8, 4) is 0 Å². The lowest BCUT2D eigenvalue weighted by Gasteiger charge is -2.44. The summed E-state index contributed by atoms with van der Waals surface area (Å²) in [6.45, 7) is 16.0. The summed E-state index contributed by atoms with van der Waals surface area (Å²) in [5.74, 6) is 1.27. The standard InChI is InChI=1S/C31H51O6P/c1-20(2)36-38(35,37-21(3)4)19-26(32)13-10-22(5)28-14-15-29-24(9-8-16-31(28,29)7)11-12-25-17-27(33)18-30(34)23(25)6/h10-13,20-22,26-30,32-34H,6,8-9,14-19H2,1-5,7H3/b13-10+,24-11+,25-12-/t22-,26+,27-,28-,29+,30+,31-/m1/s1. The molecule has 0 amide bonds. The number of fused-ring (bicyclic) bond motifs is 1. The van der Waals surface area contributed by atoms with E-state index in [1.165, 1.54) is 12.0 Å². The van der Waals surface area contributed by atoms with Crippen molar-refractivity contribution in [2.75, 3.05) is 6.16 Å². The average Bonchev–Trinajstić information content (AvgIpc) is 3.15. The predicted octanol–water partition coefficient (Wildman–Crippen LogP) is 6.72. The number of hydrogen-bond acceptors (Lipinski definition) is 6. The molecule has 216 valence electrons. The minimum atomic E-state index is -3.40. The van der Waals surface area contributed by atoms with Gasteiger partial charge in [0.15, 0.2) is 0 Å². The summed E-state index contributed by atoms with van der Waals surface area (Å²) < 4.78 is 24.4. The van der Waals surface area contributed by atoms with Gasteiger partial charge in [-0.05, 0) is 101 Å². The van der Waals surface area contributed by atoms with E-state index in [-0.39, 0.29) is 29.7 Å². The highest BCUT2D eigenvalue weighted by Crippen LogP contribution is 2.59. The van der Waals surface area contributed by atoms with E-state index in [4.69, 9.17) is 9.05 Å². The highest BCUT2D eigenvalue weighted by atomic mass is 31.2. The van der Waals surface area contributed by atoms with Gasteiger partial charge in [0.05, 0.1) is 36.7 Å².